The Hall–Kier alpha value is -1.21. The van der Waals surface area contributed by atoms with Gasteiger partial charge in [0.1, 0.15) is 0 Å². The molecular weight excluding hydrogens is 194 g/mol. The topological polar surface area (TPSA) is 26.0 Å². The van der Waals surface area contributed by atoms with Gasteiger partial charge in [0, 0.05) is 21.5 Å². The van der Waals surface area contributed by atoms with Crippen molar-refractivity contribution in [3.8, 4) is 0 Å². The third-order valence-electron chi connectivity index (χ3n) is 2.50. The van der Waals surface area contributed by atoms with E-state index in [1.165, 1.54) is 0 Å². The van der Waals surface area contributed by atoms with Crippen LogP contribution in [0.2, 0.25) is 5.02 Å². The summed E-state index contributed by atoms with van der Waals surface area (Å²) in [5.74, 6) is 0. The molecule has 0 aliphatic carbocycles. The highest BCUT2D eigenvalue weighted by atomic mass is 35.5. The maximum Gasteiger partial charge on any atom is 0.0488 e. The minimum Gasteiger partial charge on any atom is -0.398 e. The Bertz CT molecular complexity index is 477. The molecule has 2 aromatic carbocycles. The van der Waals surface area contributed by atoms with Crippen molar-refractivity contribution >= 4 is 28.1 Å². The number of hydrogen-bond donors (Lipinski definition) is 1. The van der Waals surface area contributed by atoms with Crippen LogP contribution in [0, 0.1) is 0 Å². The number of rotatable bonds is 1. The van der Waals surface area contributed by atoms with Crippen molar-refractivity contribution < 1.29 is 0 Å². The van der Waals surface area contributed by atoms with Crippen molar-refractivity contribution in [3.05, 3.63) is 40.9 Å². The molecule has 0 aromatic heterocycles. The molecule has 1 nitrogen and oxygen atoms in total. The predicted octanol–water partition coefficient (Wildman–Crippen LogP) is 3.64. The fourth-order valence-corrected chi connectivity index (χ4v) is 2.00. The maximum absolute atomic E-state index is 6.16. The van der Waals surface area contributed by atoms with E-state index >= 15 is 0 Å². The summed E-state index contributed by atoms with van der Waals surface area (Å²) in [5.41, 5.74) is 8.01. The Balaban J connectivity index is 2.87. The van der Waals surface area contributed by atoms with Gasteiger partial charge in [0.15, 0.2) is 0 Å². The van der Waals surface area contributed by atoms with Crippen LogP contribution < -0.4 is 5.73 Å². The minimum absolute atomic E-state index is 0.784. The van der Waals surface area contributed by atoms with E-state index in [1.54, 1.807) is 0 Å². The largest absolute Gasteiger partial charge is 0.398 e. The predicted molar refractivity (Wildman–Crippen MR) is 62.7 cm³/mol. The van der Waals surface area contributed by atoms with Crippen LogP contribution in [0.1, 0.15) is 12.5 Å². The summed E-state index contributed by atoms with van der Waals surface area (Å²) in [5, 5.41) is 2.87. The zero-order valence-corrected chi connectivity index (χ0v) is 8.81. The molecule has 0 aliphatic heterocycles. The summed E-state index contributed by atoms with van der Waals surface area (Å²) in [6.07, 6.45) is 0.913. The van der Waals surface area contributed by atoms with E-state index in [0.717, 1.165) is 33.5 Å². The number of hydrogen-bond acceptors (Lipinski definition) is 1. The number of aryl methyl sites for hydroxylation is 1. The molecule has 0 radical (unpaired) electrons. The number of halogens is 1. The molecule has 0 spiro atoms. The van der Waals surface area contributed by atoms with E-state index < -0.39 is 0 Å². The first-order chi connectivity index (χ1) is 6.74. The van der Waals surface area contributed by atoms with Gasteiger partial charge in [-0.2, -0.15) is 0 Å². The highest BCUT2D eigenvalue weighted by Crippen LogP contribution is 2.31. The molecule has 72 valence electrons. The number of anilines is 1. The van der Waals surface area contributed by atoms with Crippen molar-refractivity contribution in [2.45, 2.75) is 13.3 Å². The third kappa shape index (κ3) is 1.34. The van der Waals surface area contributed by atoms with Gasteiger partial charge >= 0.3 is 0 Å². The summed E-state index contributed by atoms with van der Waals surface area (Å²) < 4.78 is 0. The lowest BCUT2D eigenvalue weighted by Gasteiger charge is -2.08. The molecule has 2 aromatic rings. The summed E-state index contributed by atoms with van der Waals surface area (Å²) >= 11 is 6.16. The highest BCUT2D eigenvalue weighted by Gasteiger charge is 2.06. The second-order valence-electron chi connectivity index (χ2n) is 3.33. The highest BCUT2D eigenvalue weighted by molar-refractivity contribution is 6.36. The van der Waals surface area contributed by atoms with Crippen molar-refractivity contribution in [1.82, 2.24) is 0 Å². The van der Waals surface area contributed by atoms with Gasteiger partial charge in [-0.15, -0.1) is 0 Å². The van der Waals surface area contributed by atoms with E-state index in [-0.39, 0.29) is 0 Å². The lowest BCUT2D eigenvalue weighted by Crippen LogP contribution is -1.94. The van der Waals surface area contributed by atoms with E-state index in [1.807, 2.05) is 30.3 Å². The van der Waals surface area contributed by atoms with Gasteiger partial charge < -0.3 is 5.73 Å². The molecule has 2 heteroatoms. The van der Waals surface area contributed by atoms with Crippen LogP contribution in [0.4, 0.5) is 5.69 Å². The normalized spacial score (nSPS) is 10.7. The van der Waals surface area contributed by atoms with Crippen LogP contribution in [0.25, 0.3) is 10.8 Å². The van der Waals surface area contributed by atoms with E-state index in [4.69, 9.17) is 17.3 Å². The lowest BCUT2D eigenvalue weighted by atomic mass is 10.0. The van der Waals surface area contributed by atoms with Crippen LogP contribution in [0.3, 0.4) is 0 Å². The summed E-state index contributed by atoms with van der Waals surface area (Å²) in [6.45, 7) is 2.08. The van der Waals surface area contributed by atoms with Gasteiger partial charge in [0.25, 0.3) is 0 Å². The summed E-state index contributed by atoms with van der Waals surface area (Å²) in [4.78, 5) is 0. The monoisotopic (exact) mass is 205 g/mol. The average molecular weight is 206 g/mol. The molecule has 14 heavy (non-hydrogen) atoms. The Morgan fingerprint density at radius 2 is 1.86 bits per heavy atom. The molecule has 0 aliphatic rings. The quantitative estimate of drug-likeness (QED) is 0.707. The number of nitrogen functional groups attached to an aromatic ring is 1. The smallest absolute Gasteiger partial charge is 0.0488 e. The molecule has 0 fully saturated rings. The van der Waals surface area contributed by atoms with Gasteiger partial charge in [-0.1, -0.05) is 42.8 Å². The molecule has 2 N–H and O–H groups in total. The van der Waals surface area contributed by atoms with Crippen LogP contribution in [0.5, 0.6) is 0 Å². The summed E-state index contributed by atoms with van der Waals surface area (Å²) in [6, 6.07) is 9.91. The van der Waals surface area contributed by atoms with Crippen molar-refractivity contribution in [2.75, 3.05) is 5.73 Å². The number of benzene rings is 2. The van der Waals surface area contributed by atoms with Crippen LogP contribution in [-0.4, -0.2) is 0 Å². The first-order valence-corrected chi connectivity index (χ1v) is 5.07. The van der Waals surface area contributed by atoms with Crippen molar-refractivity contribution in [2.24, 2.45) is 0 Å². The molecule has 0 atom stereocenters. The molecule has 0 amide bonds. The molecule has 0 heterocycles. The molecule has 0 bridgehead atoms. The number of fused-ring (bicyclic) bond motifs is 1. The first-order valence-electron chi connectivity index (χ1n) is 4.69. The zero-order chi connectivity index (χ0) is 10.1. The van der Waals surface area contributed by atoms with E-state index in [2.05, 4.69) is 6.92 Å². The molecular formula is C12H12ClN. The second-order valence-corrected chi connectivity index (χ2v) is 3.74. The van der Waals surface area contributed by atoms with Crippen LogP contribution in [-0.2, 0) is 6.42 Å². The Morgan fingerprint density at radius 1 is 1.21 bits per heavy atom. The van der Waals surface area contributed by atoms with Crippen LogP contribution >= 0.6 is 11.6 Å². The Labute approximate surface area is 88.5 Å². The third-order valence-corrected chi connectivity index (χ3v) is 2.82. The average Bonchev–Trinajstić information content (AvgIpc) is 2.23. The molecule has 0 unspecified atom stereocenters. The maximum atomic E-state index is 6.16. The zero-order valence-electron chi connectivity index (χ0n) is 8.05. The minimum atomic E-state index is 0.784. The lowest BCUT2D eigenvalue weighted by molar-refractivity contribution is 1.15. The Kier molecular flexibility index (Phi) is 2.34. The van der Waals surface area contributed by atoms with Gasteiger partial charge in [0.2, 0.25) is 0 Å². The molecule has 0 saturated heterocycles. The fourth-order valence-electron chi connectivity index (χ4n) is 1.70. The number of nitrogens with two attached hydrogens (primary N) is 1. The van der Waals surface area contributed by atoms with Crippen molar-refractivity contribution in [1.29, 1.82) is 0 Å². The first kappa shape index (κ1) is 9.35. The van der Waals surface area contributed by atoms with E-state index in [0.29, 0.717) is 0 Å². The molecule has 0 saturated carbocycles. The van der Waals surface area contributed by atoms with Crippen LogP contribution in [0.15, 0.2) is 30.3 Å². The van der Waals surface area contributed by atoms with Gasteiger partial charge in [-0.05, 0) is 18.1 Å². The standard InChI is InChI=1S/C12H12ClN/c1-2-8-7-11(13)9-5-3-4-6-10(9)12(8)14/h3-7H,2,14H2,1H3. The van der Waals surface area contributed by atoms with Gasteiger partial charge in [-0.25, -0.2) is 0 Å². The Morgan fingerprint density at radius 3 is 2.50 bits per heavy atom. The molecule has 2 rings (SSSR count). The summed E-state index contributed by atoms with van der Waals surface area (Å²) in [7, 11) is 0. The fraction of sp³-hybridized carbons (Fsp3) is 0.167. The van der Waals surface area contributed by atoms with Crippen molar-refractivity contribution in [3.63, 3.8) is 0 Å². The van der Waals surface area contributed by atoms with Gasteiger partial charge in [-0.3, -0.25) is 0 Å². The SMILES string of the molecule is CCc1cc(Cl)c2ccccc2c1N. The second kappa shape index (κ2) is 3.50. The van der Waals surface area contributed by atoms with Gasteiger partial charge in [0.05, 0.1) is 0 Å². The van der Waals surface area contributed by atoms with E-state index in [9.17, 15) is 0 Å².